The Morgan fingerprint density at radius 3 is 2.42 bits per heavy atom. The molecular weight excluding hydrogens is 169 g/mol. The van der Waals surface area contributed by atoms with E-state index in [9.17, 15) is 13.2 Å². The van der Waals surface area contributed by atoms with Crippen molar-refractivity contribution >= 4 is 12.4 Å². The molecule has 12 heavy (non-hydrogen) atoms. The van der Waals surface area contributed by atoms with Crippen molar-refractivity contribution in [3.8, 4) is 0 Å². The van der Waals surface area contributed by atoms with Gasteiger partial charge in [-0.05, 0) is 12.1 Å². The molecule has 0 aliphatic carbocycles. The van der Waals surface area contributed by atoms with Gasteiger partial charge in [0.2, 0.25) is 0 Å². The van der Waals surface area contributed by atoms with Gasteiger partial charge in [-0.1, -0.05) is 0 Å². The third-order valence-electron chi connectivity index (χ3n) is 1.23. The van der Waals surface area contributed by atoms with Crippen LogP contribution in [-0.2, 0) is 0 Å². The summed E-state index contributed by atoms with van der Waals surface area (Å²) in [6.45, 7) is 3.01. The summed E-state index contributed by atoms with van der Waals surface area (Å²) in [5, 5.41) is 3.11. The summed E-state index contributed by atoms with van der Waals surface area (Å²) in [6, 6.07) is 1.83. The van der Waals surface area contributed by atoms with Crippen molar-refractivity contribution in [1.82, 2.24) is 0 Å². The maximum Gasteiger partial charge on any atom is 0.196 e. The Morgan fingerprint density at radius 1 is 1.17 bits per heavy atom. The van der Waals surface area contributed by atoms with E-state index in [1.165, 1.54) is 0 Å². The van der Waals surface area contributed by atoms with Crippen molar-refractivity contribution in [1.29, 1.82) is 0 Å². The number of anilines is 1. The van der Waals surface area contributed by atoms with Crippen LogP contribution < -0.4 is 5.43 Å². The molecule has 5 heteroatoms. The van der Waals surface area contributed by atoms with Gasteiger partial charge in [-0.3, -0.25) is 5.43 Å². The minimum atomic E-state index is -1.52. The number of hydrogen-bond acceptors (Lipinski definition) is 2. The van der Waals surface area contributed by atoms with Gasteiger partial charge >= 0.3 is 0 Å². The molecule has 0 saturated heterocycles. The third-order valence-corrected chi connectivity index (χ3v) is 1.23. The van der Waals surface area contributed by atoms with Crippen LogP contribution in [-0.4, -0.2) is 6.72 Å². The minimum absolute atomic E-state index is 0.246. The molecule has 0 heterocycles. The monoisotopic (exact) mass is 174 g/mol. The van der Waals surface area contributed by atoms with Crippen molar-refractivity contribution in [2.24, 2.45) is 5.10 Å². The maximum absolute atomic E-state index is 12.7. The van der Waals surface area contributed by atoms with Crippen LogP contribution in [0.2, 0.25) is 0 Å². The van der Waals surface area contributed by atoms with Gasteiger partial charge in [0.15, 0.2) is 17.5 Å². The van der Waals surface area contributed by atoms with E-state index in [4.69, 9.17) is 0 Å². The maximum atomic E-state index is 12.7. The topological polar surface area (TPSA) is 24.4 Å². The summed E-state index contributed by atoms with van der Waals surface area (Å²) < 4.78 is 37.5. The van der Waals surface area contributed by atoms with Crippen LogP contribution in [0.25, 0.3) is 0 Å². The van der Waals surface area contributed by atoms with Crippen molar-refractivity contribution in [3.63, 3.8) is 0 Å². The highest BCUT2D eigenvalue weighted by molar-refractivity contribution is 5.46. The lowest BCUT2D eigenvalue weighted by Crippen LogP contribution is -1.96. The number of benzene rings is 1. The molecule has 0 aliphatic rings. The zero-order valence-electron chi connectivity index (χ0n) is 5.94. The molecule has 1 aromatic carbocycles. The molecule has 0 amide bonds. The largest absolute Gasteiger partial charge is 0.276 e. The van der Waals surface area contributed by atoms with Crippen LogP contribution in [0.1, 0.15) is 0 Å². The number of rotatable bonds is 2. The van der Waals surface area contributed by atoms with Gasteiger partial charge in [-0.15, -0.1) is 0 Å². The highest BCUT2D eigenvalue weighted by atomic mass is 19.2. The lowest BCUT2D eigenvalue weighted by Gasteiger charge is -2.01. The molecule has 0 unspecified atom stereocenters. The second kappa shape index (κ2) is 3.25. The fourth-order valence-electron chi connectivity index (χ4n) is 0.697. The Kier molecular flexibility index (Phi) is 2.32. The fraction of sp³-hybridized carbons (Fsp3) is 0. The average Bonchev–Trinajstić information content (AvgIpc) is 2.07. The zero-order valence-corrected chi connectivity index (χ0v) is 5.94. The van der Waals surface area contributed by atoms with Gasteiger partial charge in [0.25, 0.3) is 0 Å². The van der Waals surface area contributed by atoms with E-state index < -0.39 is 17.5 Å². The van der Waals surface area contributed by atoms with Crippen molar-refractivity contribution in [2.75, 3.05) is 5.43 Å². The number of nitrogens with one attached hydrogen (secondary N) is 1. The molecule has 2 nitrogen and oxygen atoms in total. The Labute approximate surface area is 66.7 Å². The van der Waals surface area contributed by atoms with Crippen LogP contribution in [0, 0.1) is 17.5 Å². The van der Waals surface area contributed by atoms with Gasteiger partial charge < -0.3 is 0 Å². The molecule has 0 aliphatic heterocycles. The summed E-state index contributed by atoms with van der Waals surface area (Å²) in [7, 11) is 0. The molecule has 0 spiro atoms. The predicted molar refractivity (Wildman–Crippen MR) is 39.5 cm³/mol. The first kappa shape index (κ1) is 8.58. The SMILES string of the molecule is C=NNc1ccc(F)c(F)c1F. The van der Waals surface area contributed by atoms with Crippen LogP contribution >= 0.6 is 0 Å². The molecular formula is C7H5F3N2. The second-order valence-electron chi connectivity index (χ2n) is 1.99. The van der Waals surface area contributed by atoms with Crippen LogP contribution in [0.4, 0.5) is 18.9 Å². The van der Waals surface area contributed by atoms with Crippen LogP contribution in [0.3, 0.4) is 0 Å². The fourth-order valence-corrected chi connectivity index (χ4v) is 0.697. The number of hydrazone groups is 1. The molecule has 64 valence electrons. The highest BCUT2D eigenvalue weighted by Gasteiger charge is 2.12. The Morgan fingerprint density at radius 2 is 1.83 bits per heavy atom. The van der Waals surface area contributed by atoms with Crippen molar-refractivity contribution in [2.45, 2.75) is 0 Å². The number of hydrogen-bond donors (Lipinski definition) is 1. The summed E-state index contributed by atoms with van der Waals surface area (Å²) in [5.41, 5.74) is 1.83. The van der Waals surface area contributed by atoms with E-state index in [2.05, 4.69) is 17.2 Å². The Hall–Kier alpha value is -1.52. The molecule has 1 rings (SSSR count). The molecule has 0 bridgehead atoms. The first-order valence-electron chi connectivity index (χ1n) is 3.02. The summed E-state index contributed by atoms with van der Waals surface area (Å²) in [6.07, 6.45) is 0. The summed E-state index contributed by atoms with van der Waals surface area (Å²) >= 11 is 0. The Bertz CT molecular complexity index is 312. The number of halogens is 3. The van der Waals surface area contributed by atoms with E-state index in [1.807, 2.05) is 0 Å². The smallest absolute Gasteiger partial charge is 0.196 e. The second-order valence-corrected chi connectivity index (χ2v) is 1.99. The normalized spacial score (nSPS) is 9.58. The van der Waals surface area contributed by atoms with Crippen LogP contribution in [0.15, 0.2) is 17.2 Å². The van der Waals surface area contributed by atoms with E-state index in [1.54, 1.807) is 0 Å². The lowest BCUT2D eigenvalue weighted by atomic mass is 10.3. The molecule has 0 radical (unpaired) electrons. The predicted octanol–water partition coefficient (Wildman–Crippen LogP) is 2.13. The Balaban J connectivity index is 3.16. The molecule has 0 fully saturated rings. The van der Waals surface area contributed by atoms with E-state index in [0.29, 0.717) is 0 Å². The van der Waals surface area contributed by atoms with Gasteiger partial charge in [0, 0.05) is 6.72 Å². The summed E-state index contributed by atoms with van der Waals surface area (Å²) in [4.78, 5) is 0. The van der Waals surface area contributed by atoms with Gasteiger partial charge in [-0.25, -0.2) is 13.2 Å². The van der Waals surface area contributed by atoms with Gasteiger partial charge in [-0.2, -0.15) is 5.10 Å². The van der Waals surface area contributed by atoms with Crippen molar-refractivity contribution < 1.29 is 13.2 Å². The first-order valence-corrected chi connectivity index (χ1v) is 3.02. The molecule has 0 aromatic heterocycles. The average molecular weight is 174 g/mol. The standard InChI is InChI=1S/C7H5F3N2/c1-11-12-5-3-2-4(8)6(9)7(5)10/h2-3,12H,1H2. The van der Waals surface area contributed by atoms with Crippen LogP contribution in [0.5, 0.6) is 0 Å². The zero-order chi connectivity index (χ0) is 9.14. The van der Waals surface area contributed by atoms with Gasteiger partial charge in [0.05, 0.1) is 5.69 Å². The first-order chi connectivity index (χ1) is 5.66. The van der Waals surface area contributed by atoms with E-state index in [0.717, 1.165) is 12.1 Å². The lowest BCUT2D eigenvalue weighted by molar-refractivity contribution is 0.449. The number of nitrogens with zero attached hydrogens (tertiary/aromatic N) is 1. The van der Waals surface area contributed by atoms with E-state index in [-0.39, 0.29) is 5.69 Å². The van der Waals surface area contributed by atoms with E-state index >= 15 is 0 Å². The minimum Gasteiger partial charge on any atom is -0.276 e. The molecule has 0 saturated carbocycles. The molecule has 0 atom stereocenters. The highest BCUT2D eigenvalue weighted by Crippen LogP contribution is 2.19. The summed E-state index contributed by atoms with van der Waals surface area (Å²) in [5.74, 6) is -4.06. The van der Waals surface area contributed by atoms with Gasteiger partial charge in [0.1, 0.15) is 0 Å². The molecule has 1 N–H and O–H groups in total. The van der Waals surface area contributed by atoms with Crippen molar-refractivity contribution in [3.05, 3.63) is 29.6 Å². The quantitative estimate of drug-likeness (QED) is 0.414. The molecule has 1 aromatic rings. The third kappa shape index (κ3) is 1.39.